The van der Waals surface area contributed by atoms with Crippen LogP contribution >= 0.6 is 0 Å². The summed E-state index contributed by atoms with van der Waals surface area (Å²) < 4.78 is 0. The van der Waals surface area contributed by atoms with E-state index in [2.05, 4.69) is 10.6 Å². The number of piperidine rings is 1. The molecule has 1 fully saturated rings. The van der Waals surface area contributed by atoms with Crippen LogP contribution < -0.4 is 10.6 Å². The Morgan fingerprint density at radius 2 is 2.11 bits per heavy atom. The number of carbonyl (C=O) groups is 1. The van der Waals surface area contributed by atoms with Crippen LogP contribution in [0, 0.1) is 5.92 Å². The van der Waals surface area contributed by atoms with Crippen molar-refractivity contribution < 1.29 is 9.90 Å². The van der Waals surface area contributed by atoms with Gasteiger partial charge in [0, 0.05) is 18.6 Å². The highest BCUT2D eigenvalue weighted by molar-refractivity contribution is 5.76. The van der Waals surface area contributed by atoms with Crippen molar-refractivity contribution in [2.75, 3.05) is 19.7 Å². The maximum absolute atomic E-state index is 11.9. The lowest BCUT2D eigenvalue weighted by Crippen LogP contribution is -2.46. The molecule has 1 atom stereocenters. The lowest BCUT2D eigenvalue weighted by Gasteiger charge is -2.29. The molecule has 0 aromatic rings. The maximum Gasteiger partial charge on any atom is 0.220 e. The van der Waals surface area contributed by atoms with Crippen LogP contribution in [0.5, 0.6) is 0 Å². The minimum Gasteiger partial charge on any atom is -0.396 e. The molecule has 18 heavy (non-hydrogen) atoms. The summed E-state index contributed by atoms with van der Waals surface area (Å²) in [7, 11) is 0. The van der Waals surface area contributed by atoms with Gasteiger partial charge in [0.15, 0.2) is 0 Å². The van der Waals surface area contributed by atoms with Crippen molar-refractivity contribution >= 4 is 5.91 Å². The monoisotopic (exact) mass is 256 g/mol. The van der Waals surface area contributed by atoms with E-state index in [4.69, 9.17) is 5.11 Å². The zero-order valence-electron chi connectivity index (χ0n) is 11.8. The van der Waals surface area contributed by atoms with Crippen molar-refractivity contribution in [1.29, 1.82) is 0 Å². The summed E-state index contributed by atoms with van der Waals surface area (Å²) in [6.45, 7) is 6.35. The number of rotatable bonds is 7. The second-order valence-corrected chi connectivity index (χ2v) is 5.67. The maximum atomic E-state index is 11.9. The Hall–Kier alpha value is -0.610. The van der Waals surface area contributed by atoms with Gasteiger partial charge >= 0.3 is 0 Å². The minimum absolute atomic E-state index is 0.124. The van der Waals surface area contributed by atoms with Gasteiger partial charge < -0.3 is 15.7 Å². The molecule has 1 amide bonds. The first kappa shape index (κ1) is 15.4. The third-order valence-electron chi connectivity index (χ3n) is 4.12. The smallest absolute Gasteiger partial charge is 0.220 e. The molecular formula is C14H28N2O2. The normalized spacial score (nSPS) is 20.4. The highest BCUT2D eigenvalue weighted by atomic mass is 16.3. The molecule has 1 unspecified atom stereocenters. The van der Waals surface area contributed by atoms with E-state index in [1.54, 1.807) is 0 Å². The van der Waals surface area contributed by atoms with Gasteiger partial charge in [0.1, 0.15) is 0 Å². The van der Waals surface area contributed by atoms with E-state index < -0.39 is 0 Å². The molecule has 0 spiro atoms. The summed E-state index contributed by atoms with van der Waals surface area (Å²) in [5.41, 5.74) is -0.250. The van der Waals surface area contributed by atoms with Crippen molar-refractivity contribution in [2.45, 2.75) is 57.9 Å². The number of aliphatic hydroxyl groups is 1. The van der Waals surface area contributed by atoms with Crippen LogP contribution in [0.3, 0.4) is 0 Å². The minimum atomic E-state index is -0.250. The third-order valence-corrected chi connectivity index (χ3v) is 4.12. The lowest BCUT2D eigenvalue weighted by molar-refractivity contribution is -0.123. The molecule has 4 nitrogen and oxygen atoms in total. The second kappa shape index (κ2) is 7.74. The van der Waals surface area contributed by atoms with E-state index in [1.807, 2.05) is 13.8 Å². The van der Waals surface area contributed by atoms with Crippen LogP contribution in [0.2, 0.25) is 0 Å². The van der Waals surface area contributed by atoms with Crippen LogP contribution in [-0.2, 0) is 4.79 Å². The summed E-state index contributed by atoms with van der Waals surface area (Å²) >= 11 is 0. The molecule has 0 aromatic heterocycles. The number of hydrogen-bond donors (Lipinski definition) is 3. The Bertz CT molecular complexity index is 252. The lowest BCUT2D eigenvalue weighted by atomic mass is 9.91. The van der Waals surface area contributed by atoms with Gasteiger partial charge in [0.05, 0.1) is 0 Å². The largest absolute Gasteiger partial charge is 0.396 e. The number of aliphatic hydroxyl groups excluding tert-OH is 1. The predicted molar refractivity (Wildman–Crippen MR) is 73.4 cm³/mol. The number of amides is 1. The summed E-state index contributed by atoms with van der Waals surface area (Å²) in [4.78, 5) is 11.9. The highest BCUT2D eigenvalue weighted by Crippen LogP contribution is 2.19. The van der Waals surface area contributed by atoms with Crippen molar-refractivity contribution in [2.24, 2.45) is 5.92 Å². The van der Waals surface area contributed by atoms with Gasteiger partial charge in [0.2, 0.25) is 5.91 Å². The average Bonchev–Trinajstić information content (AvgIpc) is 2.38. The van der Waals surface area contributed by atoms with Gasteiger partial charge in [0.25, 0.3) is 0 Å². The molecule has 0 saturated carbocycles. The van der Waals surface area contributed by atoms with Crippen LogP contribution in [0.1, 0.15) is 52.4 Å². The molecule has 106 valence electrons. The Kier molecular flexibility index (Phi) is 6.65. The first-order valence-electron chi connectivity index (χ1n) is 7.22. The molecule has 1 saturated heterocycles. The first-order chi connectivity index (χ1) is 8.59. The third kappa shape index (κ3) is 5.36. The van der Waals surface area contributed by atoms with Gasteiger partial charge in [-0.2, -0.15) is 0 Å². The van der Waals surface area contributed by atoms with Gasteiger partial charge in [-0.3, -0.25) is 4.79 Å². The Morgan fingerprint density at radius 3 is 2.67 bits per heavy atom. The van der Waals surface area contributed by atoms with Crippen molar-refractivity contribution in [3.05, 3.63) is 0 Å². The van der Waals surface area contributed by atoms with Crippen LogP contribution in [0.4, 0.5) is 0 Å². The molecule has 4 heteroatoms. The van der Waals surface area contributed by atoms with E-state index in [-0.39, 0.29) is 18.1 Å². The number of nitrogens with one attached hydrogen (secondary N) is 2. The summed E-state index contributed by atoms with van der Waals surface area (Å²) in [5, 5.41) is 15.4. The SMILES string of the molecule is CCC(C)(CCO)NC(=O)CCC1CCNCC1. The van der Waals surface area contributed by atoms with Crippen LogP contribution in [0.15, 0.2) is 0 Å². The quantitative estimate of drug-likeness (QED) is 0.646. The molecule has 0 radical (unpaired) electrons. The summed E-state index contributed by atoms with van der Waals surface area (Å²) in [6.07, 6.45) is 5.47. The molecule has 1 rings (SSSR count). The van der Waals surface area contributed by atoms with E-state index in [0.29, 0.717) is 18.8 Å². The van der Waals surface area contributed by atoms with Crippen LogP contribution in [0.25, 0.3) is 0 Å². The zero-order valence-corrected chi connectivity index (χ0v) is 11.8. The molecule has 0 bridgehead atoms. The summed E-state index contributed by atoms with van der Waals surface area (Å²) in [5.74, 6) is 0.828. The molecule has 1 aliphatic rings. The van der Waals surface area contributed by atoms with E-state index in [9.17, 15) is 4.79 Å². The number of carbonyl (C=O) groups excluding carboxylic acids is 1. The fourth-order valence-corrected chi connectivity index (χ4v) is 2.48. The first-order valence-corrected chi connectivity index (χ1v) is 7.22. The molecule has 0 aromatic carbocycles. The fourth-order valence-electron chi connectivity index (χ4n) is 2.48. The Morgan fingerprint density at radius 1 is 1.44 bits per heavy atom. The molecular weight excluding hydrogens is 228 g/mol. The molecule has 1 heterocycles. The molecule has 1 aliphatic heterocycles. The van der Waals surface area contributed by atoms with E-state index in [1.165, 1.54) is 12.8 Å². The van der Waals surface area contributed by atoms with E-state index in [0.717, 1.165) is 25.9 Å². The highest BCUT2D eigenvalue weighted by Gasteiger charge is 2.24. The van der Waals surface area contributed by atoms with Crippen molar-refractivity contribution in [1.82, 2.24) is 10.6 Å². The second-order valence-electron chi connectivity index (χ2n) is 5.67. The Labute approximate surface area is 111 Å². The van der Waals surface area contributed by atoms with Crippen molar-refractivity contribution in [3.8, 4) is 0 Å². The Balaban J connectivity index is 2.27. The topological polar surface area (TPSA) is 61.4 Å². The summed E-state index contributed by atoms with van der Waals surface area (Å²) in [6, 6.07) is 0. The van der Waals surface area contributed by atoms with Gasteiger partial charge in [-0.05, 0) is 58.0 Å². The molecule has 3 N–H and O–H groups in total. The average molecular weight is 256 g/mol. The van der Waals surface area contributed by atoms with Crippen molar-refractivity contribution in [3.63, 3.8) is 0 Å². The zero-order chi connectivity index (χ0) is 13.4. The van der Waals surface area contributed by atoms with Crippen LogP contribution in [-0.4, -0.2) is 36.2 Å². The van der Waals surface area contributed by atoms with Gasteiger partial charge in [-0.15, -0.1) is 0 Å². The molecule has 0 aliphatic carbocycles. The number of hydrogen-bond acceptors (Lipinski definition) is 3. The predicted octanol–water partition coefficient (Wildman–Crippen LogP) is 1.43. The van der Waals surface area contributed by atoms with Gasteiger partial charge in [-0.25, -0.2) is 0 Å². The fraction of sp³-hybridized carbons (Fsp3) is 0.929. The standard InChI is InChI=1S/C14H28N2O2/c1-3-14(2,8-11-17)16-13(18)5-4-12-6-9-15-10-7-12/h12,15,17H,3-11H2,1-2H3,(H,16,18). The van der Waals surface area contributed by atoms with Gasteiger partial charge in [-0.1, -0.05) is 6.92 Å². The van der Waals surface area contributed by atoms with E-state index >= 15 is 0 Å².